The van der Waals surface area contributed by atoms with E-state index in [0.29, 0.717) is 19.6 Å². The predicted octanol–water partition coefficient (Wildman–Crippen LogP) is -0.298. The van der Waals surface area contributed by atoms with Crippen LogP contribution in [0.3, 0.4) is 0 Å². The lowest BCUT2D eigenvalue weighted by molar-refractivity contribution is -0.117. The Morgan fingerprint density at radius 1 is 1.86 bits per heavy atom. The van der Waals surface area contributed by atoms with Gasteiger partial charge in [0.25, 0.3) is 0 Å². The van der Waals surface area contributed by atoms with E-state index in [-0.39, 0.29) is 18.0 Å². The molecule has 1 heterocycles. The van der Waals surface area contributed by atoms with Gasteiger partial charge in [0.05, 0.1) is 0 Å². The van der Waals surface area contributed by atoms with E-state index in [4.69, 9.17) is 0 Å². The Balaban J connectivity index is 2.32. The largest absolute Gasteiger partial charge is 0.348 e. The molecule has 1 aliphatic heterocycles. The fourth-order valence-electron chi connectivity index (χ4n) is 1.36. The van der Waals surface area contributed by atoms with Gasteiger partial charge in [0, 0.05) is 25.7 Å². The second kappa shape index (κ2) is 4.64. The molecule has 1 unspecified atom stereocenters. The molecule has 3 amide bonds. The fourth-order valence-corrected chi connectivity index (χ4v) is 1.36. The molecular weight excluding hydrogens is 182 g/mol. The van der Waals surface area contributed by atoms with Crippen LogP contribution in [-0.2, 0) is 4.79 Å². The zero-order valence-electron chi connectivity index (χ0n) is 8.25. The summed E-state index contributed by atoms with van der Waals surface area (Å²) in [6, 6.07) is -0.117. The Hall–Kier alpha value is -1.52. The van der Waals surface area contributed by atoms with E-state index in [2.05, 4.69) is 17.2 Å². The van der Waals surface area contributed by atoms with Crippen molar-refractivity contribution in [2.45, 2.75) is 13.0 Å². The zero-order chi connectivity index (χ0) is 10.6. The Bertz CT molecular complexity index is 252. The molecule has 0 aromatic carbocycles. The van der Waals surface area contributed by atoms with E-state index < -0.39 is 0 Å². The van der Waals surface area contributed by atoms with Crippen molar-refractivity contribution >= 4 is 11.9 Å². The number of urea groups is 1. The van der Waals surface area contributed by atoms with E-state index in [1.165, 1.54) is 6.08 Å². The summed E-state index contributed by atoms with van der Waals surface area (Å²) >= 11 is 0. The smallest absolute Gasteiger partial charge is 0.317 e. The maximum absolute atomic E-state index is 11.1. The van der Waals surface area contributed by atoms with E-state index in [0.717, 1.165) is 0 Å². The third-order valence-electron chi connectivity index (χ3n) is 2.01. The predicted molar refractivity (Wildman–Crippen MR) is 52.8 cm³/mol. The van der Waals surface area contributed by atoms with Crippen LogP contribution in [0.25, 0.3) is 0 Å². The molecule has 2 N–H and O–H groups in total. The molecule has 0 aromatic rings. The van der Waals surface area contributed by atoms with Crippen molar-refractivity contribution in [1.29, 1.82) is 0 Å². The van der Waals surface area contributed by atoms with Crippen LogP contribution in [0.5, 0.6) is 0 Å². The number of nitrogens with one attached hydrogen (secondary N) is 2. The minimum absolute atomic E-state index is 0.0515. The van der Waals surface area contributed by atoms with Gasteiger partial charge < -0.3 is 15.5 Å². The minimum atomic E-state index is -0.211. The molecule has 1 rings (SSSR count). The number of carbonyl (C=O) groups excluding carboxylic acids is 2. The first-order valence-electron chi connectivity index (χ1n) is 4.59. The molecule has 5 nitrogen and oxygen atoms in total. The van der Waals surface area contributed by atoms with Gasteiger partial charge in [-0.2, -0.15) is 0 Å². The van der Waals surface area contributed by atoms with Gasteiger partial charge in [0.2, 0.25) is 5.91 Å². The molecule has 0 spiro atoms. The van der Waals surface area contributed by atoms with Crippen molar-refractivity contribution in [3.8, 4) is 0 Å². The third-order valence-corrected chi connectivity index (χ3v) is 2.01. The fraction of sp³-hybridized carbons (Fsp3) is 0.556. The molecule has 1 atom stereocenters. The topological polar surface area (TPSA) is 61.4 Å². The minimum Gasteiger partial charge on any atom is -0.348 e. The second-order valence-electron chi connectivity index (χ2n) is 3.29. The molecule has 0 radical (unpaired) electrons. The van der Waals surface area contributed by atoms with Gasteiger partial charge in [0.15, 0.2) is 0 Å². The van der Waals surface area contributed by atoms with Crippen molar-refractivity contribution in [2.75, 3.05) is 19.6 Å². The lowest BCUT2D eigenvalue weighted by Gasteiger charge is -2.19. The highest BCUT2D eigenvalue weighted by Gasteiger charge is 2.21. The normalized spacial score (nSPS) is 17.5. The van der Waals surface area contributed by atoms with Crippen molar-refractivity contribution in [2.24, 2.45) is 0 Å². The van der Waals surface area contributed by atoms with E-state index >= 15 is 0 Å². The Morgan fingerprint density at radius 3 is 3.07 bits per heavy atom. The Labute approximate surface area is 83.1 Å². The summed E-state index contributed by atoms with van der Waals surface area (Å²) in [4.78, 5) is 23.8. The van der Waals surface area contributed by atoms with Gasteiger partial charge in [-0.05, 0) is 13.0 Å². The summed E-state index contributed by atoms with van der Waals surface area (Å²) in [5.41, 5.74) is 0. The molecule has 14 heavy (non-hydrogen) atoms. The van der Waals surface area contributed by atoms with Crippen LogP contribution < -0.4 is 10.6 Å². The number of hydrogen-bond acceptors (Lipinski definition) is 2. The number of rotatable bonds is 4. The lowest BCUT2D eigenvalue weighted by Crippen LogP contribution is -2.42. The summed E-state index contributed by atoms with van der Waals surface area (Å²) < 4.78 is 0. The Morgan fingerprint density at radius 2 is 2.57 bits per heavy atom. The van der Waals surface area contributed by atoms with Gasteiger partial charge in [-0.3, -0.25) is 4.79 Å². The Kier molecular flexibility index (Phi) is 3.50. The number of nitrogens with zero attached hydrogens (tertiary/aromatic N) is 1. The molecule has 0 saturated carbocycles. The van der Waals surface area contributed by atoms with Gasteiger partial charge >= 0.3 is 6.03 Å². The van der Waals surface area contributed by atoms with Crippen LogP contribution in [0.15, 0.2) is 12.7 Å². The second-order valence-corrected chi connectivity index (χ2v) is 3.29. The highest BCUT2D eigenvalue weighted by atomic mass is 16.2. The molecule has 78 valence electrons. The van der Waals surface area contributed by atoms with Crippen molar-refractivity contribution in [3.05, 3.63) is 12.7 Å². The first kappa shape index (κ1) is 10.6. The maximum Gasteiger partial charge on any atom is 0.317 e. The molecular formula is C9H15N3O2. The van der Waals surface area contributed by atoms with Crippen LogP contribution in [0.4, 0.5) is 4.79 Å². The van der Waals surface area contributed by atoms with Crippen LogP contribution in [0, 0.1) is 0 Å². The first-order valence-corrected chi connectivity index (χ1v) is 4.59. The molecule has 0 aliphatic carbocycles. The van der Waals surface area contributed by atoms with Gasteiger partial charge in [-0.25, -0.2) is 4.79 Å². The molecule has 1 fully saturated rings. The zero-order valence-corrected chi connectivity index (χ0v) is 8.25. The van der Waals surface area contributed by atoms with Crippen LogP contribution in [0.2, 0.25) is 0 Å². The third kappa shape index (κ3) is 2.76. The number of amides is 3. The monoisotopic (exact) mass is 197 g/mol. The highest BCUT2D eigenvalue weighted by Crippen LogP contribution is 1.98. The van der Waals surface area contributed by atoms with E-state index in [1.807, 2.05) is 6.92 Å². The van der Waals surface area contributed by atoms with E-state index in [1.54, 1.807) is 4.90 Å². The number of hydrogen-bond donors (Lipinski definition) is 2. The van der Waals surface area contributed by atoms with Crippen molar-refractivity contribution < 1.29 is 9.59 Å². The molecule has 5 heteroatoms. The maximum atomic E-state index is 11.1. The highest BCUT2D eigenvalue weighted by molar-refractivity contribution is 5.87. The first-order chi connectivity index (χ1) is 6.63. The number of carbonyl (C=O) groups is 2. The van der Waals surface area contributed by atoms with Crippen molar-refractivity contribution in [1.82, 2.24) is 15.5 Å². The van der Waals surface area contributed by atoms with Crippen LogP contribution >= 0.6 is 0 Å². The lowest BCUT2D eigenvalue weighted by atomic mass is 10.3. The summed E-state index contributed by atoms with van der Waals surface area (Å²) in [5.74, 6) is -0.211. The molecule has 1 saturated heterocycles. The summed E-state index contributed by atoms with van der Waals surface area (Å²) in [6.45, 7) is 7.13. The van der Waals surface area contributed by atoms with Crippen molar-refractivity contribution in [3.63, 3.8) is 0 Å². The quantitative estimate of drug-likeness (QED) is 0.608. The molecule has 0 aromatic heterocycles. The standard InChI is InChI=1S/C9H15N3O2/c1-3-8(13)11-7(2)6-12-5-4-10-9(12)14/h3,7H,1,4-6H2,2H3,(H,10,14)(H,11,13). The molecule has 1 aliphatic rings. The average molecular weight is 197 g/mol. The van der Waals surface area contributed by atoms with E-state index in [9.17, 15) is 9.59 Å². The van der Waals surface area contributed by atoms with Crippen LogP contribution in [-0.4, -0.2) is 42.5 Å². The van der Waals surface area contributed by atoms with Gasteiger partial charge in [-0.15, -0.1) is 0 Å². The van der Waals surface area contributed by atoms with Gasteiger partial charge in [0.1, 0.15) is 0 Å². The van der Waals surface area contributed by atoms with Crippen LogP contribution in [0.1, 0.15) is 6.92 Å². The summed E-state index contributed by atoms with van der Waals surface area (Å²) in [7, 11) is 0. The molecule has 0 bridgehead atoms. The summed E-state index contributed by atoms with van der Waals surface area (Å²) in [6.07, 6.45) is 1.22. The summed E-state index contributed by atoms with van der Waals surface area (Å²) in [5, 5.41) is 5.39. The average Bonchev–Trinajstić information content (AvgIpc) is 2.51. The van der Waals surface area contributed by atoms with Gasteiger partial charge in [-0.1, -0.05) is 6.58 Å². The SMILES string of the molecule is C=CC(=O)NC(C)CN1CCNC1=O.